The highest BCUT2D eigenvalue weighted by Gasteiger charge is 2.11. The second-order valence-corrected chi connectivity index (χ2v) is 6.64. The highest BCUT2D eigenvalue weighted by molar-refractivity contribution is 5.67. The Morgan fingerprint density at radius 3 is 2.50 bits per heavy atom. The van der Waals surface area contributed by atoms with Crippen molar-refractivity contribution in [3.05, 3.63) is 66.2 Å². The summed E-state index contributed by atoms with van der Waals surface area (Å²) in [6.07, 6.45) is 0.924. The number of halogens is 2. The zero-order valence-electron chi connectivity index (χ0n) is 15.9. The summed E-state index contributed by atoms with van der Waals surface area (Å²) in [6.45, 7) is 1.63. The van der Waals surface area contributed by atoms with Crippen LogP contribution in [0.4, 0.5) is 26.2 Å². The first-order valence-corrected chi connectivity index (χ1v) is 9.07. The lowest BCUT2D eigenvalue weighted by Crippen LogP contribution is -2.17. The number of benzene rings is 2. The first-order chi connectivity index (χ1) is 13.5. The molecule has 28 heavy (non-hydrogen) atoms. The fourth-order valence-electron chi connectivity index (χ4n) is 2.68. The van der Waals surface area contributed by atoms with Crippen LogP contribution < -0.4 is 10.6 Å². The van der Waals surface area contributed by atoms with Crippen molar-refractivity contribution in [1.29, 1.82) is 0 Å². The molecule has 1 aromatic heterocycles. The van der Waals surface area contributed by atoms with Crippen LogP contribution in [0.3, 0.4) is 0 Å². The number of nitrogens with one attached hydrogen (secondary N) is 2. The number of hydrogen-bond acceptors (Lipinski definition) is 5. The third-order valence-corrected chi connectivity index (χ3v) is 4.08. The quantitative estimate of drug-likeness (QED) is 0.560. The van der Waals surface area contributed by atoms with Crippen LogP contribution in [0.5, 0.6) is 0 Å². The predicted octanol–water partition coefficient (Wildman–Crippen LogP) is 4.53. The molecule has 0 amide bonds. The zero-order valence-corrected chi connectivity index (χ0v) is 15.9. The molecule has 0 atom stereocenters. The van der Waals surface area contributed by atoms with Crippen molar-refractivity contribution >= 4 is 17.5 Å². The van der Waals surface area contributed by atoms with Crippen LogP contribution in [-0.4, -0.2) is 42.1 Å². The molecule has 0 aliphatic rings. The molecule has 0 aliphatic heterocycles. The standard InChI is InChI=1S/C21H23F2N5/c1-28(2)13-7-12-24-21-26-18(15-8-4-3-5-9-15)14-19(27-21)25-17-11-6-10-16(22)20(17)23/h3-6,8-11,14H,7,12-13H2,1-2H3,(H2,24,25,26,27). The minimum Gasteiger partial charge on any atom is -0.354 e. The van der Waals surface area contributed by atoms with Crippen molar-refractivity contribution in [2.24, 2.45) is 0 Å². The third kappa shape index (κ3) is 5.23. The second-order valence-electron chi connectivity index (χ2n) is 6.64. The van der Waals surface area contributed by atoms with Gasteiger partial charge < -0.3 is 15.5 Å². The summed E-state index contributed by atoms with van der Waals surface area (Å²) in [5.41, 5.74) is 1.62. The molecule has 0 bridgehead atoms. The second kappa shape index (κ2) is 9.23. The molecule has 5 nitrogen and oxygen atoms in total. The van der Waals surface area contributed by atoms with Crippen LogP contribution >= 0.6 is 0 Å². The number of nitrogens with zero attached hydrogens (tertiary/aromatic N) is 3. The third-order valence-electron chi connectivity index (χ3n) is 4.08. The Balaban J connectivity index is 1.87. The normalized spacial score (nSPS) is 10.9. The van der Waals surface area contributed by atoms with Crippen molar-refractivity contribution in [2.75, 3.05) is 37.8 Å². The molecule has 3 aromatic rings. The first kappa shape index (κ1) is 19.7. The van der Waals surface area contributed by atoms with E-state index in [-0.39, 0.29) is 5.69 Å². The lowest BCUT2D eigenvalue weighted by molar-refractivity contribution is 0.405. The number of rotatable bonds is 8. The van der Waals surface area contributed by atoms with Crippen LogP contribution in [0.25, 0.3) is 11.3 Å². The molecule has 0 radical (unpaired) electrons. The average Bonchev–Trinajstić information content (AvgIpc) is 2.69. The highest BCUT2D eigenvalue weighted by Crippen LogP contribution is 2.25. The van der Waals surface area contributed by atoms with Crippen LogP contribution in [0, 0.1) is 11.6 Å². The number of aromatic nitrogens is 2. The van der Waals surface area contributed by atoms with Crippen molar-refractivity contribution in [3.8, 4) is 11.3 Å². The summed E-state index contributed by atoms with van der Waals surface area (Å²) >= 11 is 0. The van der Waals surface area contributed by atoms with Gasteiger partial charge in [0.15, 0.2) is 11.6 Å². The van der Waals surface area contributed by atoms with E-state index in [1.807, 2.05) is 44.4 Å². The molecule has 0 aliphatic carbocycles. The van der Waals surface area contributed by atoms with E-state index in [0.717, 1.165) is 24.6 Å². The Morgan fingerprint density at radius 1 is 0.964 bits per heavy atom. The van der Waals surface area contributed by atoms with E-state index in [1.165, 1.54) is 12.1 Å². The summed E-state index contributed by atoms with van der Waals surface area (Å²) < 4.78 is 27.5. The summed E-state index contributed by atoms with van der Waals surface area (Å²) in [5.74, 6) is -1.04. The van der Waals surface area contributed by atoms with Gasteiger partial charge >= 0.3 is 0 Å². The molecule has 0 unspecified atom stereocenters. The van der Waals surface area contributed by atoms with E-state index in [4.69, 9.17) is 0 Å². The number of anilines is 3. The molecule has 3 rings (SSSR count). The van der Waals surface area contributed by atoms with Gasteiger partial charge in [0.25, 0.3) is 0 Å². The maximum Gasteiger partial charge on any atom is 0.225 e. The molecule has 146 valence electrons. The van der Waals surface area contributed by atoms with Crippen molar-refractivity contribution in [3.63, 3.8) is 0 Å². The minimum atomic E-state index is -0.942. The largest absolute Gasteiger partial charge is 0.354 e. The SMILES string of the molecule is CN(C)CCCNc1nc(Nc2cccc(F)c2F)cc(-c2ccccc2)n1. The van der Waals surface area contributed by atoms with Gasteiger partial charge in [0.1, 0.15) is 5.82 Å². The molecule has 2 aromatic carbocycles. The molecule has 1 heterocycles. The van der Waals surface area contributed by atoms with Crippen molar-refractivity contribution in [1.82, 2.24) is 14.9 Å². The Bertz CT molecular complexity index is 916. The van der Waals surface area contributed by atoms with Gasteiger partial charge in [0, 0.05) is 18.2 Å². The first-order valence-electron chi connectivity index (χ1n) is 9.07. The van der Waals surface area contributed by atoms with E-state index in [0.29, 0.717) is 24.0 Å². The Labute approximate surface area is 163 Å². The Hall–Kier alpha value is -3.06. The van der Waals surface area contributed by atoms with Gasteiger partial charge in [-0.2, -0.15) is 4.98 Å². The molecule has 0 fully saturated rings. The monoisotopic (exact) mass is 383 g/mol. The summed E-state index contributed by atoms with van der Waals surface area (Å²) in [4.78, 5) is 11.1. The van der Waals surface area contributed by atoms with Crippen LogP contribution in [0.15, 0.2) is 54.6 Å². The lowest BCUT2D eigenvalue weighted by atomic mass is 10.1. The van der Waals surface area contributed by atoms with Gasteiger partial charge in [-0.15, -0.1) is 0 Å². The van der Waals surface area contributed by atoms with E-state index in [1.54, 1.807) is 6.07 Å². The van der Waals surface area contributed by atoms with Gasteiger partial charge in [-0.3, -0.25) is 0 Å². The number of hydrogen-bond donors (Lipinski definition) is 2. The fourth-order valence-corrected chi connectivity index (χ4v) is 2.68. The van der Waals surface area contributed by atoms with E-state index >= 15 is 0 Å². The topological polar surface area (TPSA) is 53.1 Å². The average molecular weight is 383 g/mol. The summed E-state index contributed by atoms with van der Waals surface area (Å²) in [5, 5.41) is 6.06. The smallest absolute Gasteiger partial charge is 0.225 e. The Kier molecular flexibility index (Phi) is 6.49. The van der Waals surface area contributed by atoms with Gasteiger partial charge in [0.2, 0.25) is 5.95 Å². The van der Waals surface area contributed by atoms with Gasteiger partial charge in [0.05, 0.1) is 11.4 Å². The Morgan fingerprint density at radius 2 is 1.75 bits per heavy atom. The molecular weight excluding hydrogens is 360 g/mol. The summed E-state index contributed by atoms with van der Waals surface area (Å²) in [6, 6.07) is 15.3. The van der Waals surface area contributed by atoms with E-state index in [9.17, 15) is 8.78 Å². The van der Waals surface area contributed by atoms with Crippen LogP contribution in [-0.2, 0) is 0 Å². The fraction of sp³-hybridized carbons (Fsp3) is 0.238. The molecule has 2 N–H and O–H groups in total. The van der Waals surface area contributed by atoms with E-state index in [2.05, 4.69) is 25.5 Å². The zero-order chi connectivity index (χ0) is 19.9. The molecule has 7 heteroatoms. The van der Waals surface area contributed by atoms with Crippen molar-refractivity contribution < 1.29 is 8.78 Å². The van der Waals surface area contributed by atoms with E-state index < -0.39 is 11.6 Å². The lowest BCUT2D eigenvalue weighted by Gasteiger charge is -2.13. The van der Waals surface area contributed by atoms with Crippen molar-refractivity contribution in [2.45, 2.75) is 6.42 Å². The molecular formula is C21H23F2N5. The maximum atomic E-state index is 14.0. The van der Waals surface area contributed by atoms with Gasteiger partial charge in [-0.05, 0) is 39.2 Å². The van der Waals surface area contributed by atoms with Gasteiger partial charge in [-0.1, -0.05) is 36.4 Å². The minimum absolute atomic E-state index is 0.0243. The van der Waals surface area contributed by atoms with Gasteiger partial charge in [-0.25, -0.2) is 13.8 Å². The molecule has 0 saturated heterocycles. The summed E-state index contributed by atoms with van der Waals surface area (Å²) in [7, 11) is 4.03. The van der Waals surface area contributed by atoms with Crippen LogP contribution in [0.1, 0.15) is 6.42 Å². The molecule has 0 saturated carbocycles. The van der Waals surface area contributed by atoms with Crippen LogP contribution in [0.2, 0.25) is 0 Å². The molecule has 0 spiro atoms. The maximum absolute atomic E-state index is 14.0. The highest BCUT2D eigenvalue weighted by atomic mass is 19.2. The predicted molar refractivity (Wildman–Crippen MR) is 109 cm³/mol.